The number of phosphoric acid groups is 1. The standard InChI is InChI=1S/C18H38NO8P/c1-5-6-7-8-9-10-11-12-18(20)24-15-17(27-21)16-26-28(22,23)25-14-13-19(2,3)4/h17H,5-16H2,1-4H3,(H-,21,22,23)/t17-/m1/s1. The Hall–Kier alpha value is -0.540. The molecule has 0 bridgehead atoms. The van der Waals surface area contributed by atoms with E-state index in [0.717, 1.165) is 19.3 Å². The summed E-state index contributed by atoms with van der Waals surface area (Å²) in [6.07, 6.45) is 6.80. The van der Waals surface area contributed by atoms with E-state index in [2.05, 4.69) is 16.3 Å². The number of nitrogens with zero attached hydrogens (tertiary/aromatic N) is 1. The van der Waals surface area contributed by atoms with E-state index in [4.69, 9.17) is 14.5 Å². The Morgan fingerprint density at radius 3 is 2.21 bits per heavy atom. The quantitative estimate of drug-likeness (QED) is 0.0887. The molecule has 0 amide bonds. The van der Waals surface area contributed by atoms with Crippen molar-refractivity contribution in [2.75, 3.05) is 47.5 Å². The molecule has 0 saturated heterocycles. The number of unbranched alkanes of at least 4 members (excludes halogenated alkanes) is 6. The number of likely N-dealkylation sites (N-methyl/N-ethyl adjacent to an activating group) is 1. The SMILES string of the molecule is CCCCCCCCCC(=O)OC[C@H](COP(=O)([O-])OCC[N+](C)(C)C)OO. The van der Waals surface area contributed by atoms with Gasteiger partial charge in [-0.1, -0.05) is 45.4 Å². The first-order valence-electron chi connectivity index (χ1n) is 9.96. The first kappa shape index (κ1) is 27.5. The Morgan fingerprint density at radius 2 is 1.64 bits per heavy atom. The molecule has 0 saturated carbocycles. The number of esters is 1. The molecule has 1 unspecified atom stereocenters. The van der Waals surface area contributed by atoms with Crippen molar-refractivity contribution in [3.8, 4) is 0 Å². The van der Waals surface area contributed by atoms with E-state index in [9.17, 15) is 14.3 Å². The number of hydrogen-bond acceptors (Lipinski definition) is 8. The van der Waals surface area contributed by atoms with Crippen LogP contribution in [0.2, 0.25) is 0 Å². The van der Waals surface area contributed by atoms with Crippen LogP contribution in [-0.2, 0) is 28.0 Å². The average Bonchev–Trinajstić information content (AvgIpc) is 2.59. The number of carbonyl (C=O) groups is 1. The van der Waals surface area contributed by atoms with Crippen molar-refractivity contribution in [1.82, 2.24) is 0 Å². The zero-order valence-electron chi connectivity index (χ0n) is 17.8. The molecular formula is C18H38NO8P. The highest BCUT2D eigenvalue weighted by Crippen LogP contribution is 2.38. The van der Waals surface area contributed by atoms with Crippen LogP contribution in [0.1, 0.15) is 58.3 Å². The molecule has 0 aliphatic carbocycles. The fraction of sp³-hybridized carbons (Fsp3) is 0.944. The molecule has 9 nitrogen and oxygen atoms in total. The topological polar surface area (TPSA) is 114 Å². The fourth-order valence-corrected chi connectivity index (χ4v) is 2.96. The molecule has 0 fully saturated rings. The molecule has 0 heterocycles. The smallest absolute Gasteiger partial charge is 0.305 e. The Balaban J connectivity index is 3.92. The van der Waals surface area contributed by atoms with Crippen molar-refractivity contribution in [2.24, 2.45) is 0 Å². The van der Waals surface area contributed by atoms with Crippen LogP contribution in [0, 0.1) is 0 Å². The van der Waals surface area contributed by atoms with Gasteiger partial charge < -0.3 is 23.2 Å². The molecular weight excluding hydrogens is 389 g/mol. The van der Waals surface area contributed by atoms with E-state index in [1.165, 1.54) is 25.7 Å². The normalized spacial score (nSPS) is 15.2. The largest absolute Gasteiger partial charge is 0.756 e. The van der Waals surface area contributed by atoms with Gasteiger partial charge in [0.15, 0.2) is 6.10 Å². The zero-order chi connectivity index (χ0) is 21.5. The van der Waals surface area contributed by atoms with Gasteiger partial charge in [0.2, 0.25) is 0 Å². The van der Waals surface area contributed by atoms with E-state index in [1.807, 2.05) is 21.1 Å². The van der Waals surface area contributed by atoms with Crippen LogP contribution in [0.3, 0.4) is 0 Å². The third kappa shape index (κ3) is 17.6. The molecule has 1 N–H and O–H groups in total. The summed E-state index contributed by atoms with van der Waals surface area (Å²) in [4.78, 5) is 27.5. The van der Waals surface area contributed by atoms with Gasteiger partial charge in [-0.25, -0.2) is 4.89 Å². The molecule has 0 aromatic carbocycles. The maximum absolute atomic E-state index is 11.7. The third-order valence-corrected chi connectivity index (χ3v) is 4.96. The Morgan fingerprint density at radius 1 is 1.04 bits per heavy atom. The Labute approximate surface area is 169 Å². The van der Waals surface area contributed by atoms with Gasteiger partial charge in [0, 0.05) is 6.42 Å². The van der Waals surface area contributed by atoms with Gasteiger partial charge in [0.1, 0.15) is 19.8 Å². The van der Waals surface area contributed by atoms with Crippen LogP contribution < -0.4 is 4.89 Å². The van der Waals surface area contributed by atoms with E-state index in [-0.39, 0.29) is 19.6 Å². The minimum absolute atomic E-state index is 0.0254. The maximum atomic E-state index is 11.7. The van der Waals surface area contributed by atoms with Crippen LogP contribution in [0.15, 0.2) is 0 Å². The summed E-state index contributed by atoms with van der Waals surface area (Å²) in [5, 5.41) is 8.83. The lowest BCUT2D eigenvalue weighted by molar-refractivity contribution is -0.870. The minimum atomic E-state index is -4.52. The highest BCUT2D eigenvalue weighted by Gasteiger charge is 2.19. The van der Waals surface area contributed by atoms with Crippen molar-refractivity contribution < 1.29 is 42.7 Å². The second-order valence-corrected chi connectivity index (χ2v) is 9.28. The predicted octanol–water partition coefficient (Wildman–Crippen LogP) is 2.74. The molecule has 0 rings (SSSR count). The van der Waals surface area contributed by atoms with Gasteiger partial charge in [-0.2, -0.15) is 0 Å². The molecule has 2 atom stereocenters. The summed E-state index contributed by atoms with van der Waals surface area (Å²) in [6, 6.07) is 0. The van der Waals surface area contributed by atoms with Gasteiger partial charge in [-0.3, -0.25) is 14.6 Å². The van der Waals surface area contributed by atoms with Crippen molar-refractivity contribution in [3.05, 3.63) is 0 Å². The number of carbonyl (C=O) groups excluding carboxylic acids is 1. The predicted molar refractivity (Wildman–Crippen MR) is 103 cm³/mol. The molecule has 10 heteroatoms. The van der Waals surface area contributed by atoms with E-state index < -0.39 is 26.5 Å². The van der Waals surface area contributed by atoms with Crippen LogP contribution in [0.5, 0.6) is 0 Å². The van der Waals surface area contributed by atoms with E-state index in [1.54, 1.807) is 0 Å². The van der Waals surface area contributed by atoms with E-state index >= 15 is 0 Å². The number of quaternary nitrogens is 1. The first-order valence-corrected chi connectivity index (χ1v) is 11.4. The van der Waals surface area contributed by atoms with Gasteiger partial charge in [-0.15, -0.1) is 0 Å². The molecule has 0 aliphatic heterocycles. The molecule has 168 valence electrons. The summed E-state index contributed by atoms with van der Waals surface area (Å²) in [5.74, 6) is -0.417. The second-order valence-electron chi connectivity index (χ2n) is 7.87. The maximum Gasteiger partial charge on any atom is 0.305 e. The van der Waals surface area contributed by atoms with Crippen LogP contribution >= 0.6 is 7.82 Å². The summed E-state index contributed by atoms with van der Waals surface area (Å²) >= 11 is 0. The number of rotatable bonds is 18. The summed E-state index contributed by atoms with van der Waals surface area (Å²) in [7, 11) is 1.18. The lowest BCUT2D eigenvalue weighted by Crippen LogP contribution is -2.37. The van der Waals surface area contributed by atoms with Crippen molar-refractivity contribution in [1.29, 1.82) is 0 Å². The molecule has 0 radical (unpaired) electrons. The lowest BCUT2D eigenvalue weighted by atomic mass is 10.1. The molecule has 0 spiro atoms. The summed E-state index contributed by atoms with van der Waals surface area (Å²) in [5.41, 5.74) is 0. The highest BCUT2D eigenvalue weighted by molar-refractivity contribution is 7.45. The number of hydrogen-bond donors (Lipinski definition) is 1. The first-order chi connectivity index (χ1) is 13.1. The van der Waals surface area contributed by atoms with Crippen LogP contribution in [-0.4, -0.2) is 69.3 Å². The molecule has 0 aliphatic rings. The molecule has 28 heavy (non-hydrogen) atoms. The fourth-order valence-electron chi connectivity index (χ4n) is 2.23. The summed E-state index contributed by atoms with van der Waals surface area (Å²) in [6.45, 7) is 1.81. The number of ether oxygens (including phenoxy) is 1. The minimum Gasteiger partial charge on any atom is -0.756 e. The third-order valence-electron chi connectivity index (χ3n) is 3.99. The van der Waals surface area contributed by atoms with Gasteiger partial charge >= 0.3 is 5.97 Å². The van der Waals surface area contributed by atoms with Crippen molar-refractivity contribution in [3.63, 3.8) is 0 Å². The Kier molecular flexibility index (Phi) is 15.0. The monoisotopic (exact) mass is 427 g/mol. The molecule has 0 aromatic heterocycles. The Bertz CT molecular complexity index is 455. The van der Waals surface area contributed by atoms with Gasteiger partial charge in [0.25, 0.3) is 7.82 Å². The average molecular weight is 427 g/mol. The highest BCUT2D eigenvalue weighted by atomic mass is 31.2. The lowest BCUT2D eigenvalue weighted by Gasteiger charge is -2.27. The van der Waals surface area contributed by atoms with Crippen molar-refractivity contribution >= 4 is 13.8 Å². The zero-order valence-corrected chi connectivity index (χ0v) is 18.7. The van der Waals surface area contributed by atoms with Gasteiger partial charge in [-0.05, 0) is 6.42 Å². The van der Waals surface area contributed by atoms with Crippen LogP contribution in [0.4, 0.5) is 0 Å². The van der Waals surface area contributed by atoms with Crippen molar-refractivity contribution in [2.45, 2.75) is 64.4 Å². The van der Waals surface area contributed by atoms with E-state index in [0.29, 0.717) is 11.0 Å². The number of phosphoric ester groups is 1. The second kappa shape index (κ2) is 15.3. The van der Waals surface area contributed by atoms with Gasteiger partial charge in [0.05, 0.1) is 27.7 Å². The molecule has 0 aromatic rings. The summed E-state index contributed by atoms with van der Waals surface area (Å²) < 4.78 is 26.6. The van der Waals surface area contributed by atoms with Crippen LogP contribution in [0.25, 0.3) is 0 Å².